The summed E-state index contributed by atoms with van der Waals surface area (Å²) in [7, 11) is 0. The van der Waals surface area contributed by atoms with E-state index in [1.165, 1.54) is 5.56 Å². The number of aromatic nitrogens is 3. The Morgan fingerprint density at radius 3 is 2.54 bits per heavy atom. The normalized spacial score (nSPS) is 20.7. The highest BCUT2D eigenvalue weighted by Crippen LogP contribution is 2.27. The van der Waals surface area contributed by atoms with Crippen LogP contribution in [0.3, 0.4) is 0 Å². The predicted molar refractivity (Wildman–Crippen MR) is 147 cm³/mol. The average molecular weight is 525 g/mol. The van der Waals surface area contributed by atoms with E-state index >= 15 is 0 Å². The molecule has 0 unspecified atom stereocenters. The van der Waals surface area contributed by atoms with Crippen molar-refractivity contribution in [2.45, 2.75) is 52.1 Å². The Morgan fingerprint density at radius 1 is 1.08 bits per heavy atom. The lowest BCUT2D eigenvalue weighted by Crippen LogP contribution is -2.43. The van der Waals surface area contributed by atoms with Crippen molar-refractivity contribution in [2.75, 3.05) is 44.7 Å². The van der Waals surface area contributed by atoms with Crippen LogP contribution in [0.25, 0.3) is 11.2 Å². The molecule has 2 aromatic heterocycles. The number of hydrogen-bond acceptors (Lipinski definition) is 6. The van der Waals surface area contributed by atoms with Crippen LogP contribution in [0.15, 0.2) is 30.3 Å². The van der Waals surface area contributed by atoms with Crippen LogP contribution in [0, 0.1) is 19.8 Å². The molecule has 0 atom stereocenters. The second kappa shape index (κ2) is 11.8. The number of imidazole rings is 1. The smallest absolute Gasteiger partial charge is 0.223 e. The van der Waals surface area contributed by atoms with Gasteiger partial charge in [0.05, 0.1) is 19.8 Å². The Balaban J connectivity index is 1.09. The zero-order chi connectivity index (χ0) is 25.8. The van der Waals surface area contributed by atoms with Gasteiger partial charge in [0.25, 0.3) is 0 Å². The zero-order valence-electron chi connectivity index (χ0n) is 21.8. The molecule has 3 aromatic rings. The maximum atomic E-state index is 12.6. The molecule has 0 spiro atoms. The minimum Gasteiger partial charge on any atom is -0.382 e. The Kier molecular flexibility index (Phi) is 8.27. The summed E-state index contributed by atoms with van der Waals surface area (Å²) in [6, 6.07) is 10.8. The van der Waals surface area contributed by atoms with Gasteiger partial charge in [-0.25, -0.2) is 9.97 Å². The molecular weight excluding hydrogens is 488 g/mol. The van der Waals surface area contributed by atoms with Gasteiger partial charge in [-0.15, -0.1) is 0 Å². The molecule has 198 valence electrons. The minimum atomic E-state index is 0.129. The Bertz CT molecular complexity index is 1210. The fourth-order valence-electron chi connectivity index (χ4n) is 5.43. The minimum absolute atomic E-state index is 0.129. The summed E-state index contributed by atoms with van der Waals surface area (Å²) < 4.78 is 7.50. The molecule has 1 saturated heterocycles. The molecule has 2 N–H and O–H groups in total. The van der Waals surface area contributed by atoms with E-state index in [0.717, 1.165) is 93.3 Å². The topological polar surface area (TPSA) is 84.3 Å². The van der Waals surface area contributed by atoms with Gasteiger partial charge in [-0.05, 0) is 68.9 Å². The first-order valence-electron chi connectivity index (χ1n) is 13.4. The van der Waals surface area contributed by atoms with E-state index in [0.29, 0.717) is 17.7 Å². The maximum Gasteiger partial charge on any atom is 0.223 e. The van der Waals surface area contributed by atoms with E-state index in [9.17, 15) is 4.79 Å². The summed E-state index contributed by atoms with van der Waals surface area (Å²) in [6.45, 7) is 9.85. The van der Waals surface area contributed by atoms with E-state index in [4.69, 9.17) is 21.3 Å². The summed E-state index contributed by atoms with van der Waals surface area (Å²) in [4.78, 5) is 24.2. The first-order valence-corrected chi connectivity index (χ1v) is 13.8. The van der Waals surface area contributed by atoms with Gasteiger partial charge in [0.15, 0.2) is 5.65 Å². The maximum absolute atomic E-state index is 12.6. The lowest BCUT2D eigenvalue weighted by atomic mass is 9.85. The van der Waals surface area contributed by atoms with Crippen LogP contribution in [0.5, 0.6) is 0 Å². The van der Waals surface area contributed by atoms with Gasteiger partial charge in [0.1, 0.15) is 16.5 Å². The van der Waals surface area contributed by atoms with E-state index in [-0.39, 0.29) is 11.8 Å². The summed E-state index contributed by atoms with van der Waals surface area (Å²) in [5.74, 6) is 1.27. The van der Waals surface area contributed by atoms with Gasteiger partial charge < -0.3 is 19.9 Å². The molecule has 2 aliphatic rings. The zero-order valence-corrected chi connectivity index (χ0v) is 22.6. The number of carbonyl (C=O) groups is 1. The third kappa shape index (κ3) is 6.43. The van der Waals surface area contributed by atoms with E-state index in [1.807, 2.05) is 19.9 Å². The summed E-state index contributed by atoms with van der Waals surface area (Å²) in [5.41, 5.74) is 5.07. The highest BCUT2D eigenvalue weighted by molar-refractivity contribution is 6.29. The fourth-order valence-corrected chi connectivity index (χ4v) is 5.68. The standard InChI is InChI=1S/C28H37ClN6O2/c1-19-17-25(29)33-27-26(19)31-20(2)35(27)18-21-3-7-23(8-4-21)32-24-9-5-22(6-10-24)28(36)30-11-12-34-13-15-37-16-14-34/h3-4,7-8,17,22,24,32H,5-6,9-16,18H2,1-2H3,(H,30,36). The van der Waals surface area contributed by atoms with Gasteiger partial charge in [-0.2, -0.15) is 0 Å². The number of fused-ring (bicyclic) bond motifs is 1. The van der Waals surface area contributed by atoms with Gasteiger partial charge in [-0.3, -0.25) is 9.69 Å². The molecule has 37 heavy (non-hydrogen) atoms. The number of benzene rings is 1. The molecule has 5 rings (SSSR count). The average Bonchev–Trinajstić information content (AvgIpc) is 3.21. The van der Waals surface area contributed by atoms with E-state index in [2.05, 4.69) is 49.4 Å². The molecule has 1 aliphatic heterocycles. The molecular formula is C28H37ClN6O2. The quantitative estimate of drug-likeness (QED) is 0.430. The van der Waals surface area contributed by atoms with Crippen LogP contribution in [-0.4, -0.2) is 70.8 Å². The second-order valence-electron chi connectivity index (χ2n) is 10.3. The van der Waals surface area contributed by atoms with Gasteiger partial charge >= 0.3 is 0 Å². The van der Waals surface area contributed by atoms with Crippen LogP contribution >= 0.6 is 11.6 Å². The number of hydrogen-bond donors (Lipinski definition) is 2. The highest BCUT2D eigenvalue weighted by Gasteiger charge is 2.26. The fraction of sp³-hybridized carbons (Fsp3) is 0.536. The molecule has 1 aliphatic carbocycles. The largest absolute Gasteiger partial charge is 0.382 e. The van der Waals surface area contributed by atoms with Crippen LogP contribution in [0.1, 0.15) is 42.6 Å². The second-order valence-corrected chi connectivity index (χ2v) is 10.7. The Hall–Kier alpha value is -2.68. The third-order valence-electron chi connectivity index (χ3n) is 7.65. The lowest BCUT2D eigenvalue weighted by Gasteiger charge is -2.30. The number of carbonyl (C=O) groups excluding carboxylic acids is 1. The van der Waals surface area contributed by atoms with Crippen molar-refractivity contribution in [1.29, 1.82) is 0 Å². The van der Waals surface area contributed by atoms with Crippen molar-refractivity contribution < 1.29 is 9.53 Å². The monoisotopic (exact) mass is 524 g/mol. The Labute approximate surface area is 223 Å². The van der Waals surface area contributed by atoms with Crippen LogP contribution < -0.4 is 10.6 Å². The number of anilines is 1. The number of pyridine rings is 1. The molecule has 0 bridgehead atoms. The molecule has 2 fully saturated rings. The number of ether oxygens (including phenoxy) is 1. The van der Waals surface area contributed by atoms with Crippen LogP contribution in [0.2, 0.25) is 5.15 Å². The first kappa shape index (κ1) is 25.9. The van der Waals surface area contributed by atoms with Crippen molar-refractivity contribution in [3.05, 3.63) is 52.4 Å². The van der Waals surface area contributed by atoms with E-state index < -0.39 is 0 Å². The Morgan fingerprint density at radius 2 is 1.81 bits per heavy atom. The molecule has 0 radical (unpaired) electrons. The number of aryl methyl sites for hydroxylation is 2. The summed E-state index contributed by atoms with van der Waals surface area (Å²) in [5, 5.41) is 7.31. The van der Waals surface area contributed by atoms with Crippen molar-refractivity contribution in [3.8, 4) is 0 Å². The van der Waals surface area contributed by atoms with Gasteiger partial charge in [0.2, 0.25) is 5.91 Å². The molecule has 8 nitrogen and oxygen atoms in total. The van der Waals surface area contributed by atoms with E-state index in [1.54, 1.807) is 0 Å². The SMILES string of the molecule is Cc1cc(Cl)nc2c1nc(C)n2Cc1ccc(NC2CCC(C(=O)NCCN3CCOCC3)CC2)cc1. The molecule has 1 aromatic carbocycles. The lowest BCUT2D eigenvalue weighted by molar-refractivity contribution is -0.126. The van der Waals surface area contributed by atoms with Crippen molar-refractivity contribution in [3.63, 3.8) is 0 Å². The van der Waals surface area contributed by atoms with Gasteiger partial charge in [0, 0.05) is 43.8 Å². The number of halogens is 1. The highest BCUT2D eigenvalue weighted by atomic mass is 35.5. The molecule has 9 heteroatoms. The van der Waals surface area contributed by atoms with Crippen molar-refractivity contribution in [1.82, 2.24) is 24.8 Å². The van der Waals surface area contributed by atoms with Crippen LogP contribution in [-0.2, 0) is 16.1 Å². The number of nitrogens with zero attached hydrogens (tertiary/aromatic N) is 4. The van der Waals surface area contributed by atoms with Crippen molar-refractivity contribution >= 4 is 34.4 Å². The summed E-state index contributed by atoms with van der Waals surface area (Å²) >= 11 is 6.21. The number of nitrogens with one attached hydrogen (secondary N) is 2. The molecule has 3 heterocycles. The number of rotatable bonds is 8. The molecule has 1 amide bonds. The third-order valence-corrected chi connectivity index (χ3v) is 7.84. The molecule has 1 saturated carbocycles. The van der Waals surface area contributed by atoms with Gasteiger partial charge in [-0.1, -0.05) is 23.7 Å². The van der Waals surface area contributed by atoms with Crippen molar-refractivity contribution in [2.24, 2.45) is 5.92 Å². The number of morpholine rings is 1. The summed E-state index contributed by atoms with van der Waals surface area (Å²) in [6.07, 6.45) is 3.88. The number of amides is 1. The predicted octanol–water partition coefficient (Wildman–Crippen LogP) is 4.17. The van der Waals surface area contributed by atoms with Crippen LogP contribution in [0.4, 0.5) is 5.69 Å². The first-order chi connectivity index (χ1) is 18.0.